The number of benzene rings is 2. The normalized spacial score (nSPS) is 17.6. The Labute approximate surface area is 104 Å². The predicted molar refractivity (Wildman–Crippen MR) is 67.5 cm³/mol. The standard InChI is InChI=1S/C15H13F2N/c16-10-4-6-11(7-5-10)18-15-9-8-12-13(15)2-1-3-14(12)17/h1-7,15,18H,8-9H2. The molecule has 1 aliphatic rings. The van der Waals surface area contributed by atoms with Gasteiger partial charge in [0.1, 0.15) is 11.6 Å². The summed E-state index contributed by atoms with van der Waals surface area (Å²) in [7, 11) is 0. The summed E-state index contributed by atoms with van der Waals surface area (Å²) in [4.78, 5) is 0. The lowest BCUT2D eigenvalue weighted by molar-refractivity contribution is 0.612. The van der Waals surface area contributed by atoms with Crippen LogP contribution in [0.25, 0.3) is 0 Å². The molecule has 0 aromatic heterocycles. The van der Waals surface area contributed by atoms with Gasteiger partial charge in [0.05, 0.1) is 6.04 Å². The van der Waals surface area contributed by atoms with Gasteiger partial charge >= 0.3 is 0 Å². The molecule has 0 saturated heterocycles. The van der Waals surface area contributed by atoms with Crippen molar-refractivity contribution >= 4 is 5.69 Å². The lowest BCUT2D eigenvalue weighted by atomic mass is 10.1. The monoisotopic (exact) mass is 245 g/mol. The summed E-state index contributed by atoms with van der Waals surface area (Å²) in [5, 5.41) is 3.32. The summed E-state index contributed by atoms with van der Waals surface area (Å²) in [5.74, 6) is -0.380. The summed E-state index contributed by atoms with van der Waals surface area (Å²) in [6, 6.07) is 11.5. The maximum absolute atomic E-state index is 13.6. The summed E-state index contributed by atoms with van der Waals surface area (Å²) >= 11 is 0. The van der Waals surface area contributed by atoms with Crippen LogP contribution in [0.15, 0.2) is 42.5 Å². The van der Waals surface area contributed by atoms with Gasteiger partial charge in [0, 0.05) is 5.69 Å². The van der Waals surface area contributed by atoms with Gasteiger partial charge in [0.2, 0.25) is 0 Å². The molecule has 2 aromatic carbocycles. The van der Waals surface area contributed by atoms with Crippen LogP contribution >= 0.6 is 0 Å². The zero-order valence-electron chi connectivity index (χ0n) is 9.79. The van der Waals surface area contributed by atoms with Crippen LogP contribution < -0.4 is 5.32 Å². The quantitative estimate of drug-likeness (QED) is 0.841. The maximum Gasteiger partial charge on any atom is 0.126 e. The Bertz CT molecular complexity index is 563. The molecule has 2 aromatic rings. The van der Waals surface area contributed by atoms with Crippen molar-refractivity contribution in [3.8, 4) is 0 Å². The minimum Gasteiger partial charge on any atom is -0.378 e. The number of hydrogen-bond donors (Lipinski definition) is 1. The molecule has 0 amide bonds. The number of fused-ring (bicyclic) bond motifs is 1. The Kier molecular flexibility index (Phi) is 2.74. The van der Waals surface area contributed by atoms with E-state index in [4.69, 9.17) is 0 Å². The Morgan fingerprint density at radius 1 is 1.00 bits per heavy atom. The van der Waals surface area contributed by atoms with Crippen LogP contribution in [0.4, 0.5) is 14.5 Å². The first-order chi connectivity index (χ1) is 8.74. The smallest absolute Gasteiger partial charge is 0.126 e. The zero-order valence-corrected chi connectivity index (χ0v) is 9.79. The minimum atomic E-state index is -0.251. The number of halogens is 2. The summed E-state index contributed by atoms with van der Waals surface area (Å²) < 4.78 is 26.4. The van der Waals surface area contributed by atoms with E-state index in [1.807, 2.05) is 6.07 Å². The minimum absolute atomic E-state index is 0.112. The van der Waals surface area contributed by atoms with E-state index in [1.165, 1.54) is 18.2 Å². The largest absolute Gasteiger partial charge is 0.378 e. The van der Waals surface area contributed by atoms with E-state index in [0.717, 1.165) is 29.7 Å². The van der Waals surface area contributed by atoms with Gasteiger partial charge < -0.3 is 5.32 Å². The van der Waals surface area contributed by atoms with Crippen molar-refractivity contribution in [2.45, 2.75) is 18.9 Å². The number of rotatable bonds is 2. The molecule has 92 valence electrons. The van der Waals surface area contributed by atoms with Crippen LogP contribution in [0.3, 0.4) is 0 Å². The van der Waals surface area contributed by atoms with Gasteiger partial charge in [-0.25, -0.2) is 8.78 Å². The maximum atomic E-state index is 13.6. The average Bonchev–Trinajstić information content (AvgIpc) is 2.77. The molecule has 1 aliphatic carbocycles. The van der Waals surface area contributed by atoms with Crippen molar-refractivity contribution < 1.29 is 8.78 Å². The molecule has 18 heavy (non-hydrogen) atoms. The van der Waals surface area contributed by atoms with E-state index in [9.17, 15) is 8.78 Å². The lowest BCUT2D eigenvalue weighted by Gasteiger charge is -2.15. The molecule has 0 spiro atoms. The fourth-order valence-electron chi connectivity index (χ4n) is 2.51. The molecule has 3 heteroatoms. The van der Waals surface area contributed by atoms with Crippen LogP contribution in [-0.2, 0) is 6.42 Å². The average molecular weight is 245 g/mol. The third-order valence-corrected chi connectivity index (χ3v) is 3.40. The topological polar surface area (TPSA) is 12.0 Å². The van der Waals surface area contributed by atoms with Crippen molar-refractivity contribution in [2.75, 3.05) is 5.32 Å². The summed E-state index contributed by atoms with van der Waals surface area (Å²) in [6.45, 7) is 0. The van der Waals surface area contributed by atoms with E-state index >= 15 is 0 Å². The number of nitrogens with one attached hydrogen (secondary N) is 1. The third-order valence-electron chi connectivity index (χ3n) is 3.40. The second-order valence-corrected chi connectivity index (χ2v) is 4.55. The Morgan fingerprint density at radius 2 is 1.78 bits per heavy atom. The molecule has 0 fully saturated rings. The van der Waals surface area contributed by atoms with Gasteiger partial charge in [0.15, 0.2) is 0 Å². The molecule has 3 rings (SSSR count). The van der Waals surface area contributed by atoms with Gasteiger partial charge in [-0.1, -0.05) is 12.1 Å². The first-order valence-corrected chi connectivity index (χ1v) is 6.03. The fraction of sp³-hybridized carbons (Fsp3) is 0.200. The van der Waals surface area contributed by atoms with Crippen LogP contribution in [0.1, 0.15) is 23.6 Å². The van der Waals surface area contributed by atoms with E-state index in [2.05, 4.69) is 5.32 Å². The highest BCUT2D eigenvalue weighted by Gasteiger charge is 2.24. The molecule has 1 nitrogen and oxygen atoms in total. The van der Waals surface area contributed by atoms with E-state index in [0.29, 0.717) is 0 Å². The molecular weight excluding hydrogens is 232 g/mol. The Hall–Kier alpha value is -1.90. The van der Waals surface area contributed by atoms with Crippen LogP contribution in [0.5, 0.6) is 0 Å². The van der Waals surface area contributed by atoms with Gasteiger partial charge in [-0.3, -0.25) is 0 Å². The predicted octanol–water partition coefficient (Wildman–Crippen LogP) is 4.06. The lowest BCUT2D eigenvalue weighted by Crippen LogP contribution is -2.07. The second kappa shape index (κ2) is 4.41. The number of anilines is 1. The molecule has 0 saturated carbocycles. The molecule has 0 radical (unpaired) electrons. The van der Waals surface area contributed by atoms with Gasteiger partial charge in [0.25, 0.3) is 0 Å². The summed E-state index contributed by atoms with van der Waals surface area (Å²) in [5.41, 5.74) is 2.68. The fourth-order valence-corrected chi connectivity index (χ4v) is 2.51. The van der Waals surface area contributed by atoms with Crippen molar-refractivity contribution in [3.63, 3.8) is 0 Å². The van der Waals surface area contributed by atoms with E-state index in [-0.39, 0.29) is 17.7 Å². The third kappa shape index (κ3) is 1.96. The summed E-state index contributed by atoms with van der Waals surface area (Å²) in [6.07, 6.45) is 1.62. The van der Waals surface area contributed by atoms with Crippen molar-refractivity contribution in [3.05, 3.63) is 65.2 Å². The molecular formula is C15H13F2N. The zero-order chi connectivity index (χ0) is 12.5. The first-order valence-electron chi connectivity index (χ1n) is 6.03. The Morgan fingerprint density at radius 3 is 2.56 bits per heavy atom. The highest BCUT2D eigenvalue weighted by atomic mass is 19.1. The van der Waals surface area contributed by atoms with Gasteiger partial charge in [-0.2, -0.15) is 0 Å². The van der Waals surface area contributed by atoms with E-state index in [1.54, 1.807) is 18.2 Å². The highest BCUT2D eigenvalue weighted by molar-refractivity contribution is 5.48. The highest BCUT2D eigenvalue weighted by Crippen LogP contribution is 2.35. The van der Waals surface area contributed by atoms with Crippen molar-refractivity contribution in [1.29, 1.82) is 0 Å². The van der Waals surface area contributed by atoms with Crippen molar-refractivity contribution in [1.82, 2.24) is 0 Å². The molecule has 0 bridgehead atoms. The molecule has 1 N–H and O–H groups in total. The first kappa shape index (κ1) is 11.2. The van der Waals surface area contributed by atoms with Crippen LogP contribution in [-0.4, -0.2) is 0 Å². The molecule has 0 heterocycles. The van der Waals surface area contributed by atoms with Crippen LogP contribution in [0, 0.1) is 11.6 Å². The SMILES string of the molecule is Fc1ccc(NC2CCc3c(F)cccc32)cc1. The Balaban J connectivity index is 1.85. The molecule has 1 unspecified atom stereocenters. The number of hydrogen-bond acceptors (Lipinski definition) is 1. The van der Waals surface area contributed by atoms with Gasteiger partial charge in [-0.15, -0.1) is 0 Å². The second-order valence-electron chi connectivity index (χ2n) is 4.55. The van der Waals surface area contributed by atoms with Crippen molar-refractivity contribution in [2.24, 2.45) is 0 Å². The molecule has 1 atom stereocenters. The van der Waals surface area contributed by atoms with Gasteiger partial charge in [-0.05, 0) is 54.3 Å². The van der Waals surface area contributed by atoms with Crippen LogP contribution in [0.2, 0.25) is 0 Å². The molecule has 0 aliphatic heterocycles. The van der Waals surface area contributed by atoms with E-state index < -0.39 is 0 Å².